The van der Waals surface area contributed by atoms with Crippen LogP contribution in [0, 0.1) is 12.8 Å². The minimum absolute atomic E-state index is 0.0694. The predicted molar refractivity (Wildman–Crippen MR) is 98.9 cm³/mol. The Hall–Kier alpha value is -1.44. The Morgan fingerprint density at radius 3 is 2.56 bits per heavy atom. The fourth-order valence-electron chi connectivity index (χ4n) is 3.47. The van der Waals surface area contributed by atoms with Gasteiger partial charge in [-0.2, -0.15) is 4.31 Å². The second-order valence-electron chi connectivity index (χ2n) is 6.57. The molecule has 1 aromatic carbocycles. The highest BCUT2D eigenvalue weighted by atomic mass is 32.2. The molecule has 1 fully saturated rings. The third-order valence-electron chi connectivity index (χ3n) is 5.08. The van der Waals surface area contributed by atoms with Crippen LogP contribution in [-0.4, -0.2) is 44.3 Å². The highest BCUT2D eigenvalue weighted by molar-refractivity contribution is 7.89. The number of sulfonamides is 1. The molecule has 0 spiro atoms. The zero-order valence-corrected chi connectivity index (χ0v) is 16.1. The van der Waals surface area contributed by atoms with Crippen LogP contribution in [0.15, 0.2) is 23.1 Å². The number of carbonyl (C=O) groups excluding carboxylic acids is 1. The van der Waals surface area contributed by atoms with Crippen LogP contribution in [0.3, 0.4) is 0 Å². The number of carbonyl (C=O) groups is 1. The fraction of sp³-hybridized carbons (Fsp3) is 0.611. The Balaban J connectivity index is 2.28. The first-order chi connectivity index (χ1) is 11.8. The first-order valence-electron chi connectivity index (χ1n) is 8.96. The van der Waals surface area contributed by atoms with Crippen LogP contribution >= 0.6 is 0 Å². The van der Waals surface area contributed by atoms with Crippen LogP contribution in [0.4, 0.5) is 0 Å². The van der Waals surface area contributed by atoms with E-state index in [2.05, 4.69) is 5.32 Å². The highest BCUT2D eigenvalue weighted by Gasteiger charge is 2.29. The van der Waals surface area contributed by atoms with Crippen molar-refractivity contribution >= 4 is 15.9 Å². The van der Waals surface area contributed by atoms with Crippen LogP contribution in [0.5, 0.6) is 0 Å². The van der Waals surface area contributed by atoms with Crippen LogP contribution in [0.1, 0.15) is 49.0 Å². The summed E-state index contributed by atoms with van der Waals surface area (Å²) in [6, 6.07) is 4.82. The van der Waals surface area contributed by atoms with Gasteiger partial charge in [0.25, 0.3) is 5.91 Å². The maximum atomic E-state index is 12.7. The van der Waals surface area contributed by atoms with Crippen molar-refractivity contribution < 1.29 is 13.2 Å². The molecule has 0 heterocycles. The molecule has 1 aliphatic rings. The third kappa shape index (κ3) is 4.22. The molecule has 1 amide bonds. The number of nitrogens with two attached hydrogens (primary N) is 1. The third-order valence-corrected chi connectivity index (χ3v) is 7.12. The number of hydrogen-bond donors (Lipinski definition) is 2. The van der Waals surface area contributed by atoms with E-state index in [1.165, 1.54) is 10.4 Å². The van der Waals surface area contributed by atoms with Gasteiger partial charge in [-0.25, -0.2) is 8.42 Å². The molecule has 0 aromatic heterocycles. The lowest BCUT2D eigenvalue weighted by atomic mass is 10.0. The summed E-state index contributed by atoms with van der Waals surface area (Å²) < 4.78 is 26.8. The minimum Gasteiger partial charge on any atom is -0.349 e. The van der Waals surface area contributed by atoms with Crippen molar-refractivity contribution in [1.29, 1.82) is 0 Å². The number of amides is 1. The van der Waals surface area contributed by atoms with Crippen LogP contribution < -0.4 is 11.1 Å². The van der Waals surface area contributed by atoms with Crippen LogP contribution in [-0.2, 0) is 10.0 Å². The van der Waals surface area contributed by atoms with E-state index in [1.807, 2.05) is 6.92 Å². The summed E-state index contributed by atoms with van der Waals surface area (Å²) in [5.74, 6) is 0.0753. The monoisotopic (exact) mass is 367 g/mol. The number of nitrogens with one attached hydrogen (secondary N) is 1. The second kappa shape index (κ2) is 8.29. The molecule has 0 radical (unpaired) electrons. The summed E-state index contributed by atoms with van der Waals surface area (Å²) in [7, 11) is -3.58. The minimum atomic E-state index is -3.58. The molecule has 2 unspecified atom stereocenters. The van der Waals surface area contributed by atoms with Crippen molar-refractivity contribution in [3.05, 3.63) is 29.3 Å². The van der Waals surface area contributed by atoms with Crippen molar-refractivity contribution in [2.75, 3.05) is 19.6 Å². The number of benzene rings is 1. The van der Waals surface area contributed by atoms with Gasteiger partial charge in [-0.1, -0.05) is 26.3 Å². The normalized spacial score (nSPS) is 20.8. The van der Waals surface area contributed by atoms with Gasteiger partial charge in [-0.15, -0.1) is 0 Å². The lowest BCUT2D eigenvalue weighted by molar-refractivity contribution is 0.0928. The van der Waals surface area contributed by atoms with Crippen molar-refractivity contribution in [3.8, 4) is 0 Å². The zero-order valence-electron chi connectivity index (χ0n) is 15.3. The molecular formula is C18H29N3O3S. The van der Waals surface area contributed by atoms with E-state index in [4.69, 9.17) is 5.73 Å². The molecule has 2 atom stereocenters. The van der Waals surface area contributed by atoms with E-state index in [-0.39, 0.29) is 16.8 Å². The molecule has 3 N–H and O–H groups in total. The zero-order chi connectivity index (χ0) is 18.6. The quantitative estimate of drug-likeness (QED) is 0.770. The van der Waals surface area contributed by atoms with Gasteiger partial charge in [0.2, 0.25) is 10.0 Å². The predicted octanol–water partition coefficient (Wildman–Crippen LogP) is 1.88. The molecule has 2 rings (SSSR count). The van der Waals surface area contributed by atoms with Gasteiger partial charge in [0.15, 0.2) is 0 Å². The van der Waals surface area contributed by atoms with Gasteiger partial charge in [-0.3, -0.25) is 4.79 Å². The summed E-state index contributed by atoms with van der Waals surface area (Å²) >= 11 is 0. The lowest BCUT2D eigenvalue weighted by Gasteiger charge is -2.21. The van der Waals surface area contributed by atoms with E-state index in [1.54, 1.807) is 26.0 Å². The van der Waals surface area contributed by atoms with Gasteiger partial charge in [0.05, 0.1) is 4.90 Å². The highest BCUT2D eigenvalue weighted by Crippen LogP contribution is 2.26. The SMILES string of the molecule is CCN(CC)S(=O)(=O)c1ccc(C)c(C(=O)NC2CCCC2CN)c1. The average molecular weight is 368 g/mol. The number of hydrogen-bond acceptors (Lipinski definition) is 4. The van der Waals surface area contributed by atoms with Gasteiger partial charge in [0.1, 0.15) is 0 Å². The first kappa shape index (κ1) is 19.9. The summed E-state index contributed by atoms with van der Waals surface area (Å²) in [4.78, 5) is 12.9. The van der Waals surface area contributed by atoms with E-state index >= 15 is 0 Å². The fourth-order valence-corrected chi connectivity index (χ4v) is 4.96. The summed E-state index contributed by atoms with van der Waals surface area (Å²) in [6.07, 6.45) is 3.00. The summed E-state index contributed by atoms with van der Waals surface area (Å²) in [5, 5.41) is 3.05. The maximum absolute atomic E-state index is 12.7. The van der Waals surface area contributed by atoms with E-state index in [0.29, 0.717) is 31.1 Å². The van der Waals surface area contributed by atoms with Crippen molar-refractivity contribution in [2.24, 2.45) is 11.7 Å². The first-order valence-corrected chi connectivity index (χ1v) is 10.4. The molecule has 0 aliphatic heterocycles. The average Bonchev–Trinajstić information content (AvgIpc) is 3.02. The van der Waals surface area contributed by atoms with Gasteiger partial charge in [-0.05, 0) is 49.9 Å². The molecule has 140 valence electrons. The lowest BCUT2D eigenvalue weighted by Crippen LogP contribution is -2.40. The summed E-state index contributed by atoms with van der Waals surface area (Å²) in [6.45, 7) is 6.77. The van der Waals surface area contributed by atoms with E-state index in [0.717, 1.165) is 24.8 Å². The largest absolute Gasteiger partial charge is 0.349 e. The standard InChI is InChI=1S/C18H29N3O3S/c1-4-21(5-2)25(23,24)15-10-9-13(3)16(11-15)18(22)20-17-8-6-7-14(17)12-19/h9-11,14,17H,4-8,12,19H2,1-3H3,(H,20,22). The molecule has 25 heavy (non-hydrogen) atoms. The molecule has 1 saturated carbocycles. The van der Waals surface area contributed by atoms with E-state index < -0.39 is 10.0 Å². The van der Waals surface area contributed by atoms with Crippen LogP contribution in [0.25, 0.3) is 0 Å². The number of aryl methyl sites for hydroxylation is 1. The van der Waals surface area contributed by atoms with Crippen molar-refractivity contribution in [1.82, 2.24) is 9.62 Å². The Morgan fingerprint density at radius 1 is 1.28 bits per heavy atom. The molecule has 7 heteroatoms. The summed E-state index contributed by atoms with van der Waals surface area (Å²) in [5.41, 5.74) is 6.95. The Bertz CT molecular complexity index is 714. The Morgan fingerprint density at radius 2 is 1.96 bits per heavy atom. The smallest absolute Gasteiger partial charge is 0.251 e. The molecule has 0 saturated heterocycles. The molecule has 6 nitrogen and oxygen atoms in total. The van der Waals surface area contributed by atoms with Gasteiger partial charge < -0.3 is 11.1 Å². The van der Waals surface area contributed by atoms with Gasteiger partial charge >= 0.3 is 0 Å². The maximum Gasteiger partial charge on any atom is 0.251 e. The molecule has 0 bridgehead atoms. The molecular weight excluding hydrogens is 338 g/mol. The van der Waals surface area contributed by atoms with Crippen molar-refractivity contribution in [3.63, 3.8) is 0 Å². The second-order valence-corrected chi connectivity index (χ2v) is 8.51. The topological polar surface area (TPSA) is 92.5 Å². The Labute approximate surface area is 150 Å². The Kier molecular flexibility index (Phi) is 6.59. The van der Waals surface area contributed by atoms with Crippen molar-refractivity contribution in [2.45, 2.75) is 51.0 Å². The van der Waals surface area contributed by atoms with Crippen LogP contribution in [0.2, 0.25) is 0 Å². The van der Waals surface area contributed by atoms with E-state index in [9.17, 15) is 13.2 Å². The number of nitrogens with zero attached hydrogens (tertiary/aromatic N) is 1. The number of rotatable bonds is 7. The van der Waals surface area contributed by atoms with Gasteiger partial charge in [0, 0.05) is 24.7 Å². The molecule has 1 aliphatic carbocycles. The molecule has 1 aromatic rings.